The van der Waals surface area contributed by atoms with Crippen molar-refractivity contribution in [2.45, 2.75) is 44.7 Å². The number of hydrogen-bond acceptors (Lipinski definition) is 5. The van der Waals surface area contributed by atoms with E-state index in [1.807, 2.05) is 0 Å². The van der Waals surface area contributed by atoms with E-state index in [4.69, 9.17) is 20.3 Å². The van der Waals surface area contributed by atoms with E-state index < -0.39 is 0 Å². The van der Waals surface area contributed by atoms with Crippen molar-refractivity contribution >= 4 is 12.4 Å². The molecule has 4 rings (SSSR count). The van der Waals surface area contributed by atoms with E-state index in [-0.39, 0.29) is 31.7 Å². The molecule has 5 nitrogen and oxygen atoms in total. The lowest BCUT2D eigenvalue weighted by Gasteiger charge is -2.46. The molecule has 164 valence electrons. The van der Waals surface area contributed by atoms with Gasteiger partial charge < -0.3 is 20.3 Å². The zero-order valence-corrected chi connectivity index (χ0v) is 18.9. The Labute approximate surface area is 185 Å². The predicted molar refractivity (Wildman–Crippen MR) is 122 cm³/mol. The van der Waals surface area contributed by atoms with Gasteiger partial charge in [0.25, 0.3) is 0 Å². The Morgan fingerprint density at radius 3 is 2.67 bits per heavy atom. The van der Waals surface area contributed by atoms with Crippen molar-refractivity contribution in [2.75, 3.05) is 33.4 Å². The number of halogens is 1. The molecule has 0 amide bonds. The Hall–Kier alpha value is -1.79. The maximum atomic E-state index is 9.08. The molecule has 3 N–H and O–H groups in total. The molecule has 1 fully saturated rings. The molecule has 0 aliphatic carbocycles. The van der Waals surface area contributed by atoms with E-state index in [2.05, 4.69) is 49.1 Å². The van der Waals surface area contributed by atoms with Crippen LogP contribution in [0.25, 0.3) is 0 Å². The molecule has 6 heteroatoms. The van der Waals surface area contributed by atoms with Crippen molar-refractivity contribution in [1.29, 1.82) is 0 Å². The molecule has 0 bridgehead atoms. The van der Waals surface area contributed by atoms with Gasteiger partial charge in [-0.05, 0) is 61.1 Å². The maximum Gasteiger partial charge on any atom is 0.161 e. The summed E-state index contributed by atoms with van der Waals surface area (Å²) in [5, 5.41) is 9.08. The molecule has 2 aromatic rings. The standard InChI is InChI=1S/C24H32N2O3.ClH/c1-15-4-5-16(2)18(10-15)20-14-26-7-6-17-11-24(29-9-8-27)23(28-3)12-19(17)22(26)13-21(20)25;/h4-5,10-12,20-22,27H,6-9,13-14,25H2,1-3H3;1H. The van der Waals surface area contributed by atoms with Gasteiger partial charge in [0.05, 0.1) is 13.7 Å². The second-order valence-corrected chi connectivity index (χ2v) is 8.40. The van der Waals surface area contributed by atoms with Crippen LogP contribution in [0.15, 0.2) is 30.3 Å². The van der Waals surface area contributed by atoms with Crippen LogP contribution in [0.4, 0.5) is 0 Å². The topological polar surface area (TPSA) is 68.0 Å². The van der Waals surface area contributed by atoms with Crippen molar-refractivity contribution in [1.82, 2.24) is 4.90 Å². The number of aryl methyl sites for hydroxylation is 2. The fourth-order valence-corrected chi connectivity index (χ4v) is 4.98. The SMILES string of the molecule is COc1cc2c(cc1OCCO)CCN1CC(c3cc(C)ccc3C)C(N)CC21.Cl. The van der Waals surface area contributed by atoms with Crippen LogP contribution < -0.4 is 15.2 Å². The molecule has 2 aromatic carbocycles. The molecule has 1 saturated heterocycles. The zero-order chi connectivity index (χ0) is 20.5. The summed E-state index contributed by atoms with van der Waals surface area (Å²) < 4.78 is 11.3. The van der Waals surface area contributed by atoms with Gasteiger partial charge in [0.1, 0.15) is 6.61 Å². The second kappa shape index (κ2) is 9.56. The monoisotopic (exact) mass is 432 g/mol. The number of aliphatic hydroxyl groups excluding tert-OH is 1. The molecule has 2 heterocycles. The smallest absolute Gasteiger partial charge is 0.161 e. The fraction of sp³-hybridized carbons (Fsp3) is 0.500. The van der Waals surface area contributed by atoms with Gasteiger partial charge in [0.15, 0.2) is 11.5 Å². The van der Waals surface area contributed by atoms with Crippen LogP contribution in [-0.4, -0.2) is 49.5 Å². The minimum atomic E-state index is -0.00867. The number of benzene rings is 2. The Kier molecular flexibility index (Phi) is 7.30. The van der Waals surface area contributed by atoms with Crippen molar-refractivity contribution in [2.24, 2.45) is 5.73 Å². The van der Waals surface area contributed by atoms with Crippen LogP contribution in [0.3, 0.4) is 0 Å². The number of ether oxygens (including phenoxy) is 2. The van der Waals surface area contributed by atoms with E-state index in [9.17, 15) is 0 Å². The van der Waals surface area contributed by atoms with Crippen LogP contribution in [0, 0.1) is 13.8 Å². The van der Waals surface area contributed by atoms with Gasteiger partial charge >= 0.3 is 0 Å². The number of methoxy groups -OCH3 is 1. The summed E-state index contributed by atoms with van der Waals surface area (Å²) in [6.07, 6.45) is 1.92. The number of nitrogens with zero attached hydrogens (tertiary/aromatic N) is 1. The number of piperidine rings is 1. The number of rotatable bonds is 5. The van der Waals surface area contributed by atoms with E-state index in [0.717, 1.165) is 31.7 Å². The van der Waals surface area contributed by atoms with Crippen LogP contribution in [0.1, 0.15) is 46.2 Å². The summed E-state index contributed by atoms with van der Waals surface area (Å²) in [6.45, 7) is 6.62. The molecule has 0 radical (unpaired) electrons. The maximum absolute atomic E-state index is 9.08. The quantitative estimate of drug-likeness (QED) is 0.756. The van der Waals surface area contributed by atoms with Gasteiger partial charge in [0, 0.05) is 31.1 Å². The zero-order valence-electron chi connectivity index (χ0n) is 18.1. The first-order chi connectivity index (χ1) is 14.0. The number of aliphatic hydroxyl groups is 1. The number of nitrogens with two attached hydrogens (primary N) is 1. The summed E-state index contributed by atoms with van der Waals surface area (Å²) in [5.41, 5.74) is 13.4. The third kappa shape index (κ3) is 4.30. The normalized spacial score (nSPS) is 23.2. The highest BCUT2D eigenvalue weighted by Crippen LogP contribution is 2.44. The third-order valence-corrected chi connectivity index (χ3v) is 6.52. The molecule has 3 unspecified atom stereocenters. The molecule has 2 aliphatic heterocycles. The van der Waals surface area contributed by atoms with Gasteiger partial charge in [-0.15, -0.1) is 12.4 Å². The average molecular weight is 433 g/mol. The van der Waals surface area contributed by atoms with Gasteiger partial charge in [-0.2, -0.15) is 0 Å². The van der Waals surface area contributed by atoms with E-state index >= 15 is 0 Å². The van der Waals surface area contributed by atoms with Crippen LogP contribution in [0.5, 0.6) is 11.5 Å². The van der Waals surface area contributed by atoms with Crippen molar-refractivity contribution < 1.29 is 14.6 Å². The molecule has 0 saturated carbocycles. The number of fused-ring (bicyclic) bond motifs is 3. The Morgan fingerprint density at radius 2 is 1.93 bits per heavy atom. The minimum absolute atomic E-state index is 0. The highest BCUT2D eigenvalue weighted by molar-refractivity contribution is 5.85. The summed E-state index contributed by atoms with van der Waals surface area (Å²) in [4.78, 5) is 2.59. The largest absolute Gasteiger partial charge is 0.493 e. The number of hydrogen-bond donors (Lipinski definition) is 2. The average Bonchev–Trinajstić information content (AvgIpc) is 2.72. The highest BCUT2D eigenvalue weighted by Gasteiger charge is 2.39. The van der Waals surface area contributed by atoms with E-state index in [1.165, 1.54) is 27.8 Å². The first kappa shape index (κ1) is 22.9. The summed E-state index contributed by atoms with van der Waals surface area (Å²) in [5.74, 6) is 1.80. The Bertz CT molecular complexity index is 889. The molecule has 0 spiro atoms. The lowest BCUT2D eigenvalue weighted by molar-refractivity contribution is 0.109. The molecule has 2 aliphatic rings. The van der Waals surface area contributed by atoms with E-state index in [0.29, 0.717) is 17.7 Å². The molecular formula is C24H33ClN2O3. The first-order valence-electron chi connectivity index (χ1n) is 10.5. The van der Waals surface area contributed by atoms with Crippen LogP contribution >= 0.6 is 12.4 Å². The van der Waals surface area contributed by atoms with Gasteiger partial charge in [0.2, 0.25) is 0 Å². The fourth-order valence-electron chi connectivity index (χ4n) is 4.98. The summed E-state index contributed by atoms with van der Waals surface area (Å²) in [7, 11) is 1.66. The van der Waals surface area contributed by atoms with Gasteiger partial charge in [-0.25, -0.2) is 0 Å². The third-order valence-electron chi connectivity index (χ3n) is 6.52. The molecule has 30 heavy (non-hydrogen) atoms. The van der Waals surface area contributed by atoms with Gasteiger partial charge in [-0.1, -0.05) is 23.8 Å². The molecule has 3 atom stereocenters. The minimum Gasteiger partial charge on any atom is -0.493 e. The van der Waals surface area contributed by atoms with Crippen LogP contribution in [0.2, 0.25) is 0 Å². The van der Waals surface area contributed by atoms with Crippen molar-refractivity contribution in [3.63, 3.8) is 0 Å². The lowest BCUT2D eigenvalue weighted by atomic mass is 9.77. The van der Waals surface area contributed by atoms with Gasteiger partial charge in [-0.3, -0.25) is 4.90 Å². The highest BCUT2D eigenvalue weighted by atomic mass is 35.5. The van der Waals surface area contributed by atoms with E-state index in [1.54, 1.807) is 7.11 Å². The first-order valence-corrected chi connectivity index (χ1v) is 10.5. The summed E-state index contributed by atoms with van der Waals surface area (Å²) >= 11 is 0. The van der Waals surface area contributed by atoms with Crippen molar-refractivity contribution in [3.8, 4) is 11.5 Å². The lowest BCUT2D eigenvalue weighted by Crippen LogP contribution is -2.49. The Morgan fingerprint density at radius 1 is 1.13 bits per heavy atom. The predicted octanol–water partition coefficient (Wildman–Crippen LogP) is 3.52. The van der Waals surface area contributed by atoms with Crippen LogP contribution in [-0.2, 0) is 6.42 Å². The second-order valence-electron chi connectivity index (χ2n) is 8.40. The van der Waals surface area contributed by atoms with Crippen molar-refractivity contribution in [3.05, 3.63) is 58.1 Å². The molecular weight excluding hydrogens is 400 g/mol. The Balaban J connectivity index is 0.00000256. The summed E-state index contributed by atoms with van der Waals surface area (Å²) in [6, 6.07) is 11.3. The molecule has 0 aromatic heterocycles.